The predicted molar refractivity (Wildman–Crippen MR) is 123 cm³/mol. The number of nitrogens with one attached hydrogen (secondary N) is 1. The van der Waals surface area contributed by atoms with E-state index in [1.54, 1.807) is 19.2 Å². The van der Waals surface area contributed by atoms with E-state index >= 15 is 0 Å². The average Bonchev–Trinajstić information content (AvgIpc) is 3.31. The van der Waals surface area contributed by atoms with Gasteiger partial charge in [0, 0.05) is 48.4 Å². The molecule has 32 heavy (non-hydrogen) atoms. The zero-order chi connectivity index (χ0) is 22.2. The molecule has 2 aliphatic heterocycles. The number of hydrogen-bond acceptors (Lipinski definition) is 4. The van der Waals surface area contributed by atoms with Gasteiger partial charge < -0.3 is 19.6 Å². The lowest BCUT2D eigenvalue weighted by Gasteiger charge is -2.46. The molecule has 0 amide bonds. The largest absolute Gasteiger partial charge is 0.496 e. The molecule has 3 heterocycles. The van der Waals surface area contributed by atoms with Crippen LogP contribution in [0.4, 0.5) is 0 Å². The third-order valence-electron chi connectivity index (χ3n) is 7.18. The second-order valence-corrected chi connectivity index (χ2v) is 9.06. The van der Waals surface area contributed by atoms with Gasteiger partial charge in [-0.25, -0.2) is 4.79 Å². The first-order chi connectivity index (χ1) is 15.5. The molecule has 6 heteroatoms. The molecule has 0 saturated carbocycles. The first kappa shape index (κ1) is 21.0. The van der Waals surface area contributed by atoms with Crippen molar-refractivity contribution in [2.24, 2.45) is 5.92 Å². The van der Waals surface area contributed by atoms with E-state index in [-0.39, 0.29) is 12.1 Å². The number of benzene rings is 2. The van der Waals surface area contributed by atoms with E-state index in [0.29, 0.717) is 11.5 Å². The number of piperidine rings is 1. The van der Waals surface area contributed by atoms with Crippen LogP contribution < -0.4 is 4.74 Å². The van der Waals surface area contributed by atoms with E-state index in [1.165, 1.54) is 22.9 Å². The maximum Gasteiger partial charge on any atom is 0.335 e. The van der Waals surface area contributed by atoms with Gasteiger partial charge in [0.2, 0.25) is 0 Å². The van der Waals surface area contributed by atoms with Crippen molar-refractivity contribution in [1.29, 1.82) is 0 Å². The average molecular weight is 435 g/mol. The molecular formula is C26H30N2O4. The number of ether oxygens (including phenoxy) is 2. The number of hydrogen-bond donors (Lipinski definition) is 2. The van der Waals surface area contributed by atoms with Crippen LogP contribution in [0.2, 0.25) is 0 Å². The quantitative estimate of drug-likeness (QED) is 0.596. The molecule has 168 valence electrons. The van der Waals surface area contributed by atoms with E-state index in [1.807, 2.05) is 18.3 Å². The molecule has 0 spiro atoms. The molecule has 3 aromatic rings. The van der Waals surface area contributed by atoms with Gasteiger partial charge in [-0.2, -0.15) is 0 Å². The molecule has 2 aromatic carbocycles. The second kappa shape index (κ2) is 8.60. The van der Waals surface area contributed by atoms with E-state index in [2.05, 4.69) is 28.9 Å². The summed E-state index contributed by atoms with van der Waals surface area (Å²) >= 11 is 0. The number of carboxylic acids is 1. The Balaban J connectivity index is 1.52. The third kappa shape index (κ3) is 3.78. The summed E-state index contributed by atoms with van der Waals surface area (Å²) in [7, 11) is 1.74. The van der Waals surface area contributed by atoms with E-state index in [9.17, 15) is 9.90 Å². The van der Waals surface area contributed by atoms with Crippen molar-refractivity contribution in [2.45, 2.75) is 44.9 Å². The van der Waals surface area contributed by atoms with Crippen molar-refractivity contribution in [3.8, 4) is 5.75 Å². The number of likely N-dealkylation sites (tertiary alicyclic amines) is 1. The lowest BCUT2D eigenvalue weighted by atomic mass is 9.82. The topological polar surface area (TPSA) is 74.8 Å². The van der Waals surface area contributed by atoms with Crippen LogP contribution in [0, 0.1) is 12.8 Å². The highest BCUT2D eigenvalue weighted by atomic mass is 16.5. The van der Waals surface area contributed by atoms with Gasteiger partial charge >= 0.3 is 5.97 Å². The third-order valence-corrected chi connectivity index (χ3v) is 7.18. The minimum absolute atomic E-state index is 0.164. The fraction of sp³-hybridized carbons (Fsp3) is 0.423. The summed E-state index contributed by atoms with van der Waals surface area (Å²) in [5.74, 6) is 0.542. The van der Waals surface area contributed by atoms with Crippen LogP contribution in [0.15, 0.2) is 42.6 Å². The molecule has 2 aliphatic rings. The number of rotatable bonds is 5. The first-order valence-corrected chi connectivity index (χ1v) is 11.4. The van der Waals surface area contributed by atoms with E-state index in [0.717, 1.165) is 49.4 Å². The number of carbonyl (C=O) groups is 1. The minimum atomic E-state index is -0.896. The summed E-state index contributed by atoms with van der Waals surface area (Å²) in [6.45, 7) is 4.66. The van der Waals surface area contributed by atoms with Gasteiger partial charge in [-0.3, -0.25) is 4.90 Å². The van der Waals surface area contributed by atoms with Crippen LogP contribution in [-0.2, 0) is 11.3 Å². The number of aromatic carboxylic acids is 1. The Labute approximate surface area is 188 Å². The summed E-state index contributed by atoms with van der Waals surface area (Å²) in [5.41, 5.74) is 4.97. The molecule has 0 bridgehead atoms. The van der Waals surface area contributed by atoms with Gasteiger partial charge in [-0.15, -0.1) is 0 Å². The van der Waals surface area contributed by atoms with Crippen molar-refractivity contribution in [1.82, 2.24) is 9.88 Å². The predicted octanol–water partition coefficient (Wildman–Crippen LogP) is 4.93. The highest BCUT2D eigenvalue weighted by molar-refractivity contribution is 5.88. The van der Waals surface area contributed by atoms with Crippen LogP contribution in [0.25, 0.3) is 10.9 Å². The number of aryl methyl sites for hydroxylation is 1. The fourth-order valence-corrected chi connectivity index (χ4v) is 5.52. The van der Waals surface area contributed by atoms with Crippen LogP contribution >= 0.6 is 0 Å². The summed E-state index contributed by atoms with van der Waals surface area (Å²) in [6, 6.07) is 11.7. The lowest BCUT2D eigenvalue weighted by Crippen LogP contribution is -2.47. The van der Waals surface area contributed by atoms with Crippen molar-refractivity contribution in [3.63, 3.8) is 0 Å². The number of aromatic nitrogens is 1. The van der Waals surface area contributed by atoms with E-state index in [4.69, 9.17) is 9.47 Å². The van der Waals surface area contributed by atoms with Gasteiger partial charge in [-0.05, 0) is 67.5 Å². The maximum absolute atomic E-state index is 11.3. The summed E-state index contributed by atoms with van der Waals surface area (Å²) in [6.07, 6.45) is 5.47. The highest BCUT2D eigenvalue weighted by Gasteiger charge is 2.38. The number of carboxylic acid groups (broad SMARTS) is 1. The smallest absolute Gasteiger partial charge is 0.335 e. The second-order valence-electron chi connectivity index (χ2n) is 9.06. The molecule has 2 unspecified atom stereocenters. The molecule has 0 radical (unpaired) electrons. The Morgan fingerprint density at radius 2 is 2.09 bits per heavy atom. The number of fused-ring (bicyclic) bond motifs is 2. The number of aromatic amines is 1. The molecule has 3 atom stereocenters. The standard InChI is InChI=1S/C26H30N2O4/c1-16-12-24(31-2)21(20-9-10-27-25(16)20)15-28-14-19-4-3-11-32-23(19)13-22(28)17-5-7-18(8-6-17)26(29)30/h5-10,12,19,22-23,27H,3-4,11,13-15H2,1-2H3,(H,29,30)/t19?,22-,23?/m0/s1. The van der Waals surface area contributed by atoms with Crippen molar-refractivity contribution >= 4 is 16.9 Å². The number of H-pyrrole nitrogens is 1. The number of nitrogens with zero attached hydrogens (tertiary/aromatic N) is 1. The van der Waals surface area contributed by atoms with E-state index < -0.39 is 5.97 Å². The highest BCUT2D eigenvalue weighted by Crippen LogP contribution is 2.41. The van der Waals surface area contributed by atoms with Gasteiger partial charge in [0.25, 0.3) is 0 Å². The molecule has 2 N–H and O–H groups in total. The molecule has 6 nitrogen and oxygen atoms in total. The summed E-state index contributed by atoms with van der Waals surface area (Å²) < 4.78 is 12.0. The van der Waals surface area contributed by atoms with Crippen LogP contribution in [-0.4, -0.2) is 47.3 Å². The normalized spacial score (nSPS) is 23.8. The minimum Gasteiger partial charge on any atom is -0.496 e. The van der Waals surface area contributed by atoms with Crippen LogP contribution in [0.1, 0.15) is 52.4 Å². The van der Waals surface area contributed by atoms with Gasteiger partial charge in [0.15, 0.2) is 0 Å². The Morgan fingerprint density at radius 3 is 2.84 bits per heavy atom. The Kier molecular flexibility index (Phi) is 5.66. The van der Waals surface area contributed by atoms with Crippen molar-refractivity contribution in [3.05, 3.63) is 64.8 Å². The Hall–Kier alpha value is -2.83. The molecule has 0 aliphatic carbocycles. The fourth-order valence-electron chi connectivity index (χ4n) is 5.52. The van der Waals surface area contributed by atoms with Gasteiger partial charge in [0.1, 0.15) is 5.75 Å². The van der Waals surface area contributed by atoms with Gasteiger partial charge in [-0.1, -0.05) is 12.1 Å². The monoisotopic (exact) mass is 434 g/mol. The van der Waals surface area contributed by atoms with Crippen molar-refractivity contribution in [2.75, 3.05) is 20.3 Å². The van der Waals surface area contributed by atoms with Crippen LogP contribution in [0.3, 0.4) is 0 Å². The Bertz CT molecular complexity index is 1120. The maximum atomic E-state index is 11.3. The molecular weight excluding hydrogens is 404 g/mol. The zero-order valence-electron chi connectivity index (χ0n) is 18.6. The Morgan fingerprint density at radius 1 is 1.28 bits per heavy atom. The summed E-state index contributed by atoms with van der Waals surface area (Å²) in [5, 5.41) is 10.5. The SMILES string of the molecule is COc1cc(C)c2[nH]ccc2c1CN1CC2CCCOC2C[C@H]1c1ccc(C(=O)O)cc1. The molecule has 1 aromatic heterocycles. The lowest BCUT2D eigenvalue weighted by molar-refractivity contribution is -0.0874. The van der Waals surface area contributed by atoms with Crippen molar-refractivity contribution < 1.29 is 19.4 Å². The first-order valence-electron chi connectivity index (χ1n) is 11.4. The van der Waals surface area contributed by atoms with Crippen LogP contribution in [0.5, 0.6) is 5.75 Å². The zero-order valence-corrected chi connectivity index (χ0v) is 18.6. The molecule has 5 rings (SSSR count). The number of methoxy groups -OCH3 is 1. The molecule has 2 fully saturated rings. The molecule has 2 saturated heterocycles. The summed E-state index contributed by atoms with van der Waals surface area (Å²) in [4.78, 5) is 17.2. The van der Waals surface area contributed by atoms with Gasteiger partial charge in [0.05, 0.1) is 18.8 Å².